The number of sulfone groups is 1. The van der Waals surface area contributed by atoms with E-state index in [-0.39, 0.29) is 4.90 Å². The molecule has 0 aliphatic carbocycles. The van der Waals surface area contributed by atoms with E-state index in [1.165, 1.54) is 0 Å². The molecule has 0 aliphatic heterocycles. The van der Waals surface area contributed by atoms with Crippen molar-refractivity contribution in [1.82, 2.24) is 0 Å². The van der Waals surface area contributed by atoms with Crippen LogP contribution >= 0.6 is 11.8 Å². The third-order valence-electron chi connectivity index (χ3n) is 1.81. The number of carboxylic acid groups (broad SMARTS) is 1. The Bertz CT molecular complexity index is 578. The van der Waals surface area contributed by atoms with E-state index in [9.17, 15) is 26.4 Å². The highest BCUT2D eigenvalue weighted by atomic mass is 32.2. The van der Waals surface area contributed by atoms with Crippen LogP contribution in [0.25, 0.3) is 0 Å². The lowest BCUT2D eigenvalue weighted by molar-refractivity contribution is -0.0328. The van der Waals surface area contributed by atoms with E-state index in [0.717, 1.165) is 18.4 Å². The van der Waals surface area contributed by atoms with Crippen molar-refractivity contribution in [3.63, 3.8) is 0 Å². The molecule has 1 aromatic carbocycles. The zero-order valence-corrected chi connectivity index (χ0v) is 10.5. The van der Waals surface area contributed by atoms with Crippen LogP contribution in [0.5, 0.6) is 0 Å². The third-order valence-corrected chi connectivity index (χ3v) is 3.69. The van der Waals surface area contributed by atoms with Crippen LogP contribution in [0.15, 0.2) is 28.0 Å². The predicted molar refractivity (Wildman–Crippen MR) is 58.4 cm³/mol. The van der Waals surface area contributed by atoms with E-state index >= 15 is 0 Å². The molecule has 0 spiro atoms. The normalized spacial score (nSPS) is 12.4. The maximum absolute atomic E-state index is 12.1. The molecule has 0 amide bonds. The molecule has 0 radical (unpaired) electrons. The minimum absolute atomic E-state index is 0.382. The van der Waals surface area contributed by atoms with Crippen molar-refractivity contribution in [2.24, 2.45) is 0 Å². The molecule has 0 aromatic heterocycles. The zero-order valence-electron chi connectivity index (χ0n) is 8.85. The van der Waals surface area contributed by atoms with Crippen LogP contribution in [0.1, 0.15) is 10.4 Å². The summed E-state index contributed by atoms with van der Waals surface area (Å²) in [5.41, 5.74) is -5.24. The monoisotopic (exact) mass is 300 g/mol. The van der Waals surface area contributed by atoms with Crippen molar-refractivity contribution in [3.05, 3.63) is 23.8 Å². The molecular weight excluding hydrogens is 293 g/mol. The van der Waals surface area contributed by atoms with Gasteiger partial charge in [-0.2, -0.15) is 13.2 Å². The Balaban J connectivity index is 3.33. The molecule has 9 heteroatoms. The van der Waals surface area contributed by atoms with Gasteiger partial charge in [-0.3, -0.25) is 0 Å². The molecule has 0 unspecified atom stereocenters. The number of carboxylic acids is 1. The topological polar surface area (TPSA) is 71.4 Å². The van der Waals surface area contributed by atoms with Gasteiger partial charge in [0.15, 0.2) is 9.84 Å². The Labute approximate surface area is 105 Å². The molecule has 0 aliphatic rings. The molecular formula is C9H7F3O4S2. The number of halogens is 3. The fourth-order valence-corrected chi connectivity index (χ4v) is 2.64. The number of hydrogen-bond donors (Lipinski definition) is 1. The summed E-state index contributed by atoms with van der Waals surface area (Å²) in [6.07, 6.45) is 0.783. The van der Waals surface area contributed by atoms with Crippen LogP contribution in [0.2, 0.25) is 0 Å². The van der Waals surface area contributed by atoms with E-state index in [4.69, 9.17) is 5.11 Å². The van der Waals surface area contributed by atoms with E-state index in [2.05, 4.69) is 0 Å². The summed E-state index contributed by atoms with van der Waals surface area (Å²) in [4.78, 5) is 9.94. The lowest BCUT2D eigenvalue weighted by atomic mass is 10.2. The van der Waals surface area contributed by atoms with Gasteiger partial charge in [0.1, 0.15) is 0 Å². The highest BCUT2D eigenvalue weighted by Crippen LogP contribution is 2.37. The fourth-order valence-electron chi connectivity index (χ4n) is 1.20. The van der Waals surface area contributed by atoms with Gasteiger partial charge in [0.05, 0.1) is 10.5 Å². The minimum atomic E-state index is -4.57. The molecule has 0 saturated heterocycles. The Morgan fingerprint density at radius 3 is 2.28 bits per heavy atom. The first-order chi connectivity index (χ1) is 8.00. The minimum Gasteiger partial charge on any atom is -0.478 e. The lowest BCUT2D eigenvalue weighted by Gasteiger charge is -2.08. The molecule has 1 rings (SSSR count). The molecule has 0 saturated carbocycles. The first kappa shape index (κ1) is 14.8. The number of hydrogen-bond acceptors (Lipinski definition) is 4. The molecule has 0 heterocycles. The summed E-state index contributed by atoms with van der Waals surface area (Å²) in [6, 6.07) is 2.46. The van der Waals surface area contributed by atoms with Crippen LogP contribution in [-0.2, 0) is 9.84 Å². The molecule has 0 bridgehead atoms. The average molecular weight is 300 g/mol. The smallest absolute Gasteiger partial charge is 0.446 e. The standard InChI is InChI=1S/C9H7F3O4S2/c1-18(15,16)7-3-2-5(17-9(10,11)12)4-6(7)8(13)14/h2-4H,1H3,(H,13,14). The van der Waals surface area contributed by atoms with E-state index in [0.29, 0.717) is 6.07 Å². The number of carbonyl (C=O) groups is 1. The second kappa shape index (κ2) is 4.81. The van der Waals surface area contributed by atoms with Crippen molar-refractivity contribution >= 4 is 27.6 Å². The van der Waals surface area contributed by atoms with Gasteiger partial charge in [0.25, 0.3) is 0 Å². The van der Waals surface area contributed by atoms with Crippen LogP contribution in [-0.4, -0.2) is 31.3 Å². The summed E-state index contributed by atoms with van der Waals surface area (Å²) in [6.45, 7) is 0. The van der Waals surface area contributed by atoms with Gasteiger partial charge in [0.2, 0.25) is 0 Å². The summed E-state index contributed by atoms with van der Waals surface area (Å²) in [7, 11) is -3.81. The third kappa shape index (κ3) is 3.91. The van der Waals surface area contributed by atoms with Gasteiger partial charge in [-0.05, 0) is 30.0 Å². The fraction of sp³-hybridized carbons (Fsp3) is 0.222. The van der Waals surface area contributed by atoms with E-state index in [1.54, 1.807) is 0 Å². The predicted octanol–water partition coefficient (Wildman–Crippen LogP) is 2.40. The van der Waals surface area contributed by atoms with Crippen LogP contribution in [0, 0.1) is 0 Å². The van der Waals surface area contributed by atoms with Crippen LogP contribution in [0.3, 0.4) is 0 Å². The second-order valence-corrected chi connectivity index (χ2v) is 6.41. The van der Waals surface area contributed by atoms with Crippen LogP contribution < -0.4 is 0 Å². The quantitative estimate of drug-likeness (QED) is 0.868. The number of aromatic carboxylic acids is 1. The maximum Gasteiger partial charge on any atom is 0.446 e. The summed E-state index contributed by atoms with van der Waals surface area (Å²) in [5.74, 6) is -1.60. The number of alkyl halides is 3. The second-order valence-electron chi connectivity index (χ2n) is 3.28. The summed E-state index contributed by atoms with van der Waals surface area (Å²) >= 11 is -0.507. The number of benzene rings is 1. The van der Waals surface area contributed by atoms with Crippen molar-refractivity contribution < 1.29 is 31.5 Å². The van der Waals surface area contributed by atoms with Crippen molar-refractivity contribution in [2.75, 3.05) is 6.26 Å². The zero-order chi connectivity index (χ0) is 14.1. The molecule has 0 fully saturated rings. The Kier molecular flexibility index (Phi) is 3.96. The molecule has 4 nitrogen and oxygen atoms in total. The SMILES string of the molecule is CS(=O)(=O)c1ccc(SC(F)(F)F)cc1C(=O)O. The average Bonchev–Trinajstić information content (AvgIpc) is 2.12. The Morgan fingerprint density at radius 2 is 1.89 bits per heavy atom. The van der Waals surface area contributed by atoms with Gasteiger partial charge in [-0.1, -0.05) is 0 Å². The molecule has 18 heavy (non-hydrogen) atoms. The van der Waals surface area contributed by atoms with E-state index < -0.39 is 43.5 Å². The van der Waals surface area contributed by atoms with Crippen LogP contribution in [0.4, 0.5) is 13.2 Å². The van der Waals surface area contributed by atoms with Crippen molar-refractivity contribution in [3.8, 4) is 0 Å². The first-order valence-electron chi connectivity index (χ1n) is 4.34. The first-order valence-corrected chi connectivity index (χ1v) is 7.04. The Morgan fingerprint density at radius 1 is 1.33 bits per heavy atom. The molecule has 100 valence electrons. The molecule has 1 aromatic rings. The number of thioether (sulfide) groups is 1. The van der Waals surface area contributed by atoms with Gasteiger partial charge < -0.3 is 5.11 Å². The summed E-state index contributed by atoms with van der Waals surface area (Å²) < 4.78 is 58.8. The van der Waals surface area contributed by atoms with Crippen molar-refractivity contribution in [2.45, 2.75) is 15.3 Å². The largest absolute Gasteiger partial charge is 0.478 e. The summed E-state index contributed by atoms with van der Waals surface area (Å²) in [5, 5.41) is 8.80. The molecule has 0 atom stereocenters. The van der Waals surface area contributed by atoms with Gasteiger partial charge in [0, 0.05) is 11.2 Å². The van der Waals surface area contributed by atoms with Gasteiger partial charge >= 0.3 is 11.5 Å². The van der Waals surface area contributed by atoms with Gasteiger partial charge in [-0.15, -0.1) is 0 Å². The van der Waals surface area contributed by atoms with Gasteiger partial charge in [-0.25, -0.2) is 13.2 Å². The lowest BCUT2D eigenvalue weighted by Crippen LogP contribution is -2.08. The highest BCUT2D eigenvalue weighted by Gasteiger charge is 2.30. The molecule has 1 N–H and O–H groups in total. The maximum atomic E-state index is 12.1. The number of rotatable bonds is 3. The Hall–Kier alpha value is -1.22. The van der Waals surface area contributed by atoms with E-state index in [1.807, 2.05) is 0 Å². The van der Waals surface area contributed by atoms with Crippen molar-refractivity contribution in [1.29, 1.82) is 0 Å². The highest BCUT2D eigenvalue weighted by molar-refractivity contribution is 8.00.